The third-order valence-corrected chi connectivity index (χ3v) is 11.3. The summed E-state index contributed by atoms with van der Waals surface area (Å²) in [7, 11) is 1.15. The van der Waals surface area contributed by atoms with E-state index in [1.54, 1.807) is 0 Å². The molecular weight excluding hydrogens is 741 g/mol. The van der Waals surface area contributed by atoms with E-state index in [1.807, 2.05) is 21.1 Å². The molecule has 1 aliphatic rings. The number of ether oxygens (including phenoxy) is 3. The number of carbonyl (C=O) groups is 2. The lowest BCUT2D eigenvalue weighted by atomic mass is 10.1. The van der Waals surface area contributed by atoms with E-state index in [0.717, 1.165) is 64.2 Å². The van der Waals surface area contributed by atoms with Crippen molar-refractivity contribution in [3.8, 4) is 0 Å². The van der Waals surface area contributed by atoms with Crippen molar-refractivity contribution in [2.45, 2.75) is 212 Å². The van der Waals surface area contributed by atoms with Crippen molar-refractivity contribution in [2.24, 2.45) is 0 Å². The average Bonchev–Trinajstić information content (AvgIpc) is 3.91. The van der Waals surface area contributed by atoms with Crippen molar-refractivity contribution in [1.82, 2.24) is 0 Å². The minimum atomic E-state index is -4.63. The maximum absolute atomic E-state index is 12.7. The van der Waals surface area contributed by atoms with Gasteiger partial charge in [-0.3, -0.25) is 14.2 Å². The first-order valence-electron chi connectivity index (χ1n) is 23.2. The first-order valence-corrected chi connectivity index (χ1v) is 24.6. The number of quaternary nitrogens is 1. The molecule has 3 unspecified atom stereocenters. The second-order valence-electron chi connectivity index (χ2n) is 17.1. The second-order valence-corrected chi connectivity index (χ2v) is 18.6. The minimum Gasteiger partial charge on any atom is -0.756 e. The highest BCUT2D eigenvalue weighted by molar-refractivity contribution is 7.45. The number of epoxide rings is 1. The number of rotatable bonds is 41. The Morgan fingerprint density at radius 3 is 1.68 bits per heavy atom. The lowest BCUT2D eigenvalue weighted by molar-refractivity contribution is -0.870. The van der Waals surface area contributed by atoms with Crippen LogP contribution in [0.15, 0.2) is 24.3 Å². The lowest BCUT2D eigenvalue weighted by Gasteiger charge is -2.28. The number of nitrogens with zero attached hydrogens (tertiary/aromatic N) is 1. The predicted molar refractivity (Wildman–Crippen MR) is 231 cm³/mol. The quantitative estimate of drug-likeness (QED) is 0.0148. The summed E-state index contributed by atoms with van der Waals surface area (Å²) < 4.78 is 39.7. The molecule has 0 bridgehead atoms. The molecule has 1 fully saturated rings. The van der Waals surface area contributed by atoms with Gasteiger partial charge in [-0.15, -0.1) is 0 Å². The Labute approximate surface area is 349 Å². The Kier molecular flexibility index (Phi) is 33.0. The van der Waals surface area contributed by atoms with Gasteiger partial charge in [-0.1, -0.05) is 141 Å². The van der Waals surface area contributed by atoms with Gasteiger partial charge in [0.05, 0.1) is 40.0 Å². The van der Waals surface area contributed by atoms with Crippen LogP contribution < -0.4 is 4.89 Å². The Balaban J connectivity index is 2.26. The molecule has 0 radical (unpaired) electrons. The van der Waals surface area contributed by atoms with Crippen molar-refractivity contribution in [3.63, 3.8) is 0 Å². The Hall–Kier alpha value is -1.55. The van der Waals surface area contributed by atoms with Crippen LogP contribution in [-0.2, 0) is 37.4 Å². The maximum Gasteiger partial charge on any atom is 0.306 e. The first kappa shape index (κ1) is 53.5. The van der Waals surface area contributed by atoms with Crippen molar-refractivity contribution in [3.05, 3.63) is 24.3 Å². The standard InChI is InChI=1S/C46H86NO9P/c1-6-8-10-11-12-13-14-15-16-17-18-19-20-21-26-29-33-37-46(49)55-42(41-54-57(50,51)53-39-38-47(3,4)5)40-52-45(48)36-32-28-25-23-22-24-27-31-35-44-43(56-44)34-30-9-7-2/h15-16,27,31,42-44H,6-14,17-26,28-30,32-41H2,1-5H3/b16-15-,31-27-/t42-,43?,44?/m1/s1. The van der Waals surface area contributed by atoms with Gasteiger partial charge >= 0.3 is 11.9 Å². The zero-order valence-electron chi connectivity index (χ0n) is 37.2. The molecular formula is C46H86NO9P. The van der Waals surface area contributed by atoms with Crippen molar-refractivity contribution >= 4 is 19.8 Å². The Bertz CT molecular complexity index is 1090. The van der Waals surface area contributed by atoms with Crippen LogP contribution in [0.5, 0.6) is 0 Å². The van der Waals surface area contributed by atoms with Gasteiger partial charge in [-0.05, 0) is 64.2 Å². The largest absolute Gasteiger partial charge is 0.756 e. The monoisotopic (exact) mass is 828 g/mol. The summed E-state index contributed by atoms with van der Waals surface area (Å²) in [4.78, 5) is 37.6. The summed E-state index contributed by atoms with van der Waals surface area (Å²) in [5, 5.41) is 0. The summed E-state index contributed by atoms with van der Waals surface area (Å²) >= 11 is 0. The number of phosphoric acid groups is 1. The normalized spacial score (nSPS) is 17.3. The molecule has 0 spiro atoms. The van der Waals surface area contributed by atoms with Crippen molar-refractivity contribution < 1.29 is 46.8 Å². The van der Waals surface area contributed by atoms with Crippen LogP contribution >= 0.6 is 7.82 Å². The first-order chi connectivity index (χ1) is 27.5. The molecule has 10 nitrogen and oxygen atoms in total. The van der Waals surface area contributed by atoms with Gasteiger partial charge in [0.15, 0.2) is 6.10 Å². The Morgan fingerprint density at radius 1 is 0.632 bits per heavy atom. The summed E-state index contributed by atoms with van der Waals surface area (Å²) in [6, 6.07) is 0. The van der Waals surface area contributed by atoms with Gasteiger partial charge < -0.3 is 32.6 Å². The van der Waals surface area contributed by atoms with Crippen LogP contribution in [0, 0.1) is 0 Å². The average molecular weight is 828 g/mol. The summed E-state index contributed by atoms with van der Waals surface area (Å²) in [5.74, 6) is -0.857. The van der Waals surface area contributed by atoms with Crippen molar-refractivity contribution in [2.75, 3.05) is 47.5 Å². The van der Waals surface area contributed by atoms with E-state index < -0.39 is 32.5 Å². The smallest absolute Gasteiger partial charge is 0.306 e. The molecule has 1 saturated heterocycles. The molecule has 0 aliphatic carbocycles. The number of carbonyl (C=O) groups excluding carboxylic acids is 2. The Morgan fingerprint density at radius 2 is 1.12 bits per heavy atom. The fraction of sp³-hybridized carbons (Fsp3) is 0.870. The number of esters is 2. The van der Waals surface area contributed by atoms with Gasteiger partial charge in [0.2, 0.25) is 0 Å². The fourth-order valence-electron chi connectivity index (χ4n) is 6.60. The highest BCUT2D eigenvalue weighted by Gasteiger charge is 2.36. The van der Waals surface area contributed by atoms with Crippen LogP contribution in [0.1, 0.15) is 194 Å². The molecule has 1 heterocycles. The van der Waals surface area contributed by atoms with Crippen LogP contribution in [0.2, 0.25) is 0 Å². The molecule has 57 heavy (non-hydrogen) atoms. The molecule has 0 N–H and O–H groups in total. The number of allylic oxidation sites excluding steroid dienone is 3. The molecule has 1 aliphatic heterocycles. The topological polar surface area (TPSA) is 124 Å². The zero-order chi connectivity index (χ0) is 41.9. The van der Waals surface area contributed by atoms with Crippen LogP contribution in [0.4, 0.5) is 0 Å². The van der Waals surface area contributed by atoms with E-state index in [9.17, 15) is 19.0 Å². The van der Waals surface area contributed by atoms with Gasteiger partial charge in [-0.2, -0.15) is 0 Å². The van der Waals surface area contributed by atoms with Gasteiger partial charge in [-0.25, -0.2) is 0 Å². The van der Waals surface area contributed by atoms with E-state index in [0.29, 0.717) is 36.1 Å². The number of unbranched alkanes of at least 4 members (excludes halogenated alkanes) is 20. The predicted octanol–water partition coefficient (Wildman–Crippen LogP) is 11.5. The van der Waals surface area contributed by atoms with E-state index in [2.05, 4.69) is 38.2 Å². The van der Waals surface area contributed by atoms with E-state index in [4.69, 9.17) is 23.3 Å². The minimum absolute atomic E-state index is 0.0355. The molecule has 0 amide bonds. The van der Waals surface area contributed by atoms with E-state index in [-0.39, 0.29) is 26.1 Å². The zero-order valence-corrected chi connectivity index (χ0v) is 38.1. The summed E-state index contributed by atoms with van der Waals surface area (Å²) in [6.07, 6.45) is 39.4. The van der Waals surface area contributed by atoms with Gasteiger partial charge in [0, 0.05) is 12.8 Å². The summed E-state index contributed by atoms with van der Waals surface area (Å²) in [6.45, 7) is 4.17. The highest BCUT2D eigenvalue weighted by Crippen LogP contribution is 2.38. The molecule has 0 aromatic rings. The molecule has 0 saturated carbocycles. The van der Waals surface area contributed by atoms with Gasteiger partial charge in [0.1, 0.15) is 19.8 Å². The second kappa shape index (κ2) is 35.2. The number of likely N-dealkylation sites (N-methyl/N-ethyl adjacent to an activating group) is 1. The SMILES string of the molecule is CCCCCCCC/C=C\CCCCCCCCCC(=O)O[C@H](COC(=O)CCCCCCC/C=C\CC1OC1CCCCC)COP(=O)([O-])OCC[N+](C)(C)C. The lowest BCUT2D eigenvalue weighted by Crippen LogP contribution is -2.37. The van der Waals surface area contributed by atoms with Crippen LogP contribution in [-0.4, -0.2) is 82.2 Å². The fourth-order valence-corrected chi connectivity index (χ4v) is 7.33. The third-order valence-electron chi connectivity index (χ3n) is 10.4. The van der Waals surface area contributed by atoms with Crippen molar-refractivity contribution in [1.29, 1.82) is 0 Å². The highest BCUT2D eigenvalue weighted by atomic mass is 31.2. The van der Waals surface area contributed by atoms with E-state index >= 15 is 0 Å². The molecule has 11 heteroatoms. The third kappa shape index (κ3) is 36.1. The molecule has 4 atom stereocenters. The number of phosphoric ester groups is 1. The molecule has 0 aromatic carbocycles. The molecule has 1 rings (SSSR count). The van der Waals surface area contributed by atoms with Gasteiger partial charge in [0.25, 0.3) is 7.82 Å². The van der Waals surface area contributed by atoms with Crippen LogP contribution in [0.3, 0.4) is 0 Å². The molecule has 334 valence electrons. The number of hydrogen-bond donors (Lipinski definition) is 0. The molecule has 0 aromatic heterocycles. The summed E-state index contributed by atoms with van der Waals surface area (Å²) in [5.41, 5.74) is 0. The number of hydrogen-bond acceptors (Lipinski definition) is 9. The van der Waals surface area contributed by atoms with E-state index in [1.165, 1.54) is 89.9 Å². The van der Waals surface area contributed by atoms with Crippen LogP contribution in [0.25, 0.3) is 0 Å². The maximum atomic E-state index is 12.7.